The molecule has 0 radical (unpaired) electrons. The minimum absolute atomic E-state index is 0.0387. The Morgan fingerprint density at radius 3 is 1.12 bits per heavy atom. The summed E-state index contributed by atoms with van der Waals surface area (Å²) in [6.07, 6.45) is 3.43. The Hall–Kier alpha value is -9.41. The van der Waals surface area contributed by atoms with Crippen molar-refractivity contribution in [3.05, 3.63) is 281 Å². The monoisotopic (exact) mass is 1450 g/mol. The van der Waals surface area contributed by atoms with Crippen molar-refractivity contribution in [1.29, 1.82) is 0 Å². The summed E-state index contributed by atoms with van der Waals surface area (Å²) >= 11 is 0. The van der Waals surface area contributed by atoms with E-state index >= 15 is 0 Å². The average molecular weight is 1450 g/mol. The highest BCUT2D eigenvalue weighted by atomic mass is 16.6. The zero-order chi connectivity index (χ0) is 74.3. The van der Waals surface area contributed by atoms with Crippen LogP contribution in [0.1, 0.15) is 116 Å². The lowest BCUT2D eigenvalue weighted by Gasteiger charge is -2.38. The number of esters is 5. The van der Waals surface area contributed by atoms with Gasteiger partial charge in [-0.05, 0) is 95.2 Å². The zero-order valence-electron chi connectivity index (χ0n) is 60.8. The number of hydrogen-bond donors (Lipinski definition) is 1. The maximum absolute atomic E-state index is 12.5. The van der Waals surface area contributed by atoms with Crippen LogP contribution in [-0.4, -0.2) is 117 Å². The van der Waals surface area contributed by atoms with Crippen LogP contribution >= 0.6 is 0 Å². The average Bonchev–Trinajstić information content (AvgIpc) is 0.696. The molecule has 4 fully saturated rings. The van der Waals surface area contributed by atoms with Crippen molar-refractivity contribution in [2.24, 2.45) is 11.8 Å². The molecule has 2 heterocycles. The summed E-state index contributed by atoms with van der Waals surface area (Å²) in [6.45, 7) is 6.32. The van der Waals surface area contributed by atoms with Crippen molar-refractivity contribution < 1.29 is 90.7 Å². The summed E-state index contributed by atoms with van der Waals surface area (Å²) < 4.78 is 73.2. The normalized spacial score (nSPS) is 21.7. The van der Waals surface area contributed by atoms with Crippen molar-refractivity contribution in [3.8, 4) is 5.75 Å². The van der Waals surface area contributed by atoms with E-state index in [4.69, 9.17) is 61.6 Å². The van der Waals surface area contributed by atoms with Crippen LogP contribution in [0.3, 0.4) is 0 Å². The van der Waals surface area contributed by atoms with Crippen LogP contribution in [-0.2, 0) is 134 Å². The molecule has 8 aromatic rings. The fourth-order valence-electron chi connectivity index (χ4n) is 12.6. The summed E-state index contributed by atoms with van der Waals surface area (Å²) in [7, 11) is 1.64. The van der Waals surface area contributed by atoms with E-state index in [2.05, 4.69) is 24.3 Å². The van der Waals surface area contributed by atoms with Gasteiger partial charge in [0.25, 0.3) is 0 Å². The van der Waals surface area contributed by atoms with Crippen LogP contribution in [0.2, 0.25) is 0 Å². The molecule has 19 heteroatoms. The molecule has 2 saturated heterocycles. The Morgan fingerprint density at radius 2 is 0.726 bits per heavy atom. The maximum atomic E-state index is 12.5. The molecule has 8 aromatic carbocycles. The maximum Gasteiger partial charge on any atom is 0.338 e. The first kappa shape index (κ1) is 80.7. The highest BCUT2D eigenvalue weighted by Crippen LogP contribution is 2.31. The first-order valence-electron chi connectivity index (χ1n) is 36.5. The predicted octanol–water partition coefficient (Wildman–Crippen LogP) is 14.5. The third kappa shape index (κ3) is 28.8. The molecule has 0 aromatic heterocycles. The van der Waals surface area contributed by atoms with Crippen LogP contribution in [0.15, 0.2) is 237 Å². The van der Waals surface area contributed by atoms with Crippen molar-refractivity contribution in [2.75, 3.05) is 26.9 Å². The molecule has 12 rings (SSSR count). The smallest absolute Gasteiger partial charge is 0.338 e. The van der Waals surface area contributed by atoms with E-state index in [1.165, 1.54) is 25.0 Å². The number of carbonyl (C=O) groups excluding carboxylic acids is 5. The van der Waals surface area contributed by atoms with Crippen LogP contribution in [0.4, 0.5) is 0 Å². The number of aliphatic hydroxyl groups is 1. The summed E-state index contributed by atoms with van der Waals surface area (Å²) in [5.74, 6) is -0.981. The Balaban J connectivity index is 0.000000164. The minimum atomic E-state index is -1.35. The van der Waals surface area contributed by atoms with E-state index < -0.39 is 36.4 Å². The van der Waals surface area contributed by atoms with Gasteiger partial charge in [-0.2, -0.15) is 0 Å². The van der Waals surface area contributed by atoms with Crippen LogP contribution in [0.5, 0.6) is 5.75 Å². The fourth-order valence-corrected chi connectivity index (χ4v) is 12.6. The standard InChI is InChI=1S/C23H28O6.C22H24O7.2C21H24O3/c1-17(24)26-15-21-12-22(28-13-18-6-4-3-5-7-18)23(16-27-21)29-14-19-8-10-20(25-2)11-9-19;1-15(23)29-18-14-27-21(22(25)28-13-17-10-6-3-7-11-17)19(24)20(18)26-12-16-8-4-2-5-9-16;2*22-21(24-16-18-10-5-2-6-11-18)19-12-7-13-20(14-19)23-15-17-8-3-1-4-9-17/h3-11,21-23H,12-16H2,1-2H3;2-11,18-21,24H,12-14H2,1H3;2*1-6,8-11,19-20H,7,12-16H2/t21?,22-,23?;18?,19-,20-,21?;2*19?,20-/m1000/s1. The van der Waals surface area contributed by atoms with Crippen molar-refractivity contribution >= 4 is 29.8 Å². The predicted molar refractivity (Wildman–Crippen MR) is 397 cm³/mol. The van der Waals surface area contributed by atoms with Gasteiger partial charge in [-0.15, -0.1) is 0 Å². The molecule has 6 unspecified atom stereocenters. The number of hydrogen-bond acceptors (Lipinski definition) is 19. The van der Waals surface area contributed by atoms with Gasteiger partial charge in [-0.1, -0.05) is 237 Å². The van der Waals surface area contributed by atoms with Gasteiger partial charge in [0.15, 0.2) is 12.2 Å². The van der Waals surface area contributed by atoms with Crippen molar-refractivity contribution in [3.63, 3.8) is 0 Å². The van der Waals surface area contributed by atoms with Gasteiger partial charge in [0, 0.05) is 20.3 Å². The second kappa shape index (κ2) is 45.2. The molecule has 0 bridgehead atoms. The van der Waals surface area contributed by atoms with Gasteiger partial charge in [-0.3, -0.25) is 19.2 Å². The molecule has 0 amide bonds. The number of rotatable bonds is 28. The number of ether oxygens (including phenoxy) is 13. The van der Waals surface area contributed by atoms with E-state index in [0.717, 1.165) is 90.5 Å². The molecular formula is C87H100O19. The van der Waals surface area contributed by atoms with Crippen molar-refractivity contribution in [1.82, 2.24) is 0 Å². The molecule has 106 heavy (non-hydrogen) atoms. The highest BCUT2D eigenvalue weighted by molar-refractivity contribution is 5.76. The summed E-state index contributed by atoms with van der Waals surface area (Å²) in [6, 6.07) is 76.3. The van der Waals surface area contributed by atoms with E-state index in [9.17, 15) is 29.1 Å². The molecule has 19 nitrogen and oxygen atoms in total. The molecule has 1 N–H and O–H groups in total. The molecule has 0 spiro atoms. The second-order valence-electron chi connectivity index (χ2n) is 26.5. The molecule has 562 valence electrons. The summed E-state index contributed by atoms with van der Waals surface area (Å²) in [5, 5.41) is 10.7. The molecule has 11 atom stereocenters. The van der Waals surface area contributed by atoms with Gasteiger partial charge in [0.1, 0.15) is 50.5 Å². The molecule has 2 aliphatic carbocycles. The lowest BCUT2D eigenvalue weighted by molar-refractivity contribution is -0.226. The lowest BCUT2D eigenvalue weighted by atomic mass is 9.87. The summed E-state index contributed by atoms with van der Waals surface area (Å²) in [5.41, 5.74) is 8.26. The molecule has 2 saturated carbocycles. The highest BCUT2D eigenvalue weighted by Gasteiger charge is 2.46. The Bertz CT molecular complexity index is 3670. The Kier molecular flexibility index (Phi) is 34.4. The third-order valence-electron chi connectivity index (χ3n) is 18.3. The lowest BCUT2D eigenvalue weighted by Crippen LogP contribution is -2.58. The van der Waals surface area contributed by atoms with Crippen molar-refractivity contribution in [2.45, 2.75) is 179 Å². The van der Waals surface area contributed by atoms with Crippen LogP contribution in [0.25, 0.3) is 0 Å². The van der Waals surface area contributed by atoms with Crippen LogP contribution in [0, 0.1) is 11.8 Å². The molecule has 2 aliphatic heterocycles. The number of methoxy groups -OCH3 is 1. The van der Waals surface area contributed by atoms with Gasteiger partial charge >= 0.3 is 29.8 Å². The van der Waals surface area contributed by atoms with E-state index in [0.29, 0.717) is 52.7 Å². The third-order valence-corrected chi connectivity index (χ3v) is 18.3. The fraction of sp³-hybridized carbons (Fsp3) is 0.391. The number of benzene rings is 8. The zero-order valence-corrected chi connectivity index (χ0v) is 60.8. The molecular weight excluding hydrogens is 1350 g/mol. The quantitative estimate of drug-likeness (QED) is 0.0355. The van der Waals surface area contributed by atoms with E-state index in [1.54, 1.807) is 7.11 Å². The number of carbonyl (C=O) groups is 5. The Labute approximate surface area is 622 Å². The largest absolute Gasteiger partial charge is 0.497 e. The minimum Gasteiger partial charge on any atom is -0.497 e. The van der Waals surface area contributed by atoms with E-state index in [1.807, 2.05) is 212 Å². The summed E-state index contributed by atoms with van der Waals surface area (Å²) in [4.78, 5) is 59.6. The first-order valence-corrected chi connectivity index (χ1v) is 36.5. The van der Waals surface area contributed by atoms with Gasteiger partial charge in [0.2, 0.25) is 0 Å². The second-order valence-corrected chi connectivity index (χ2v) is 26.5. The first-order chi connectivity index (χ1) is 51.8. The van der Waals surface area contributed by atoms with Gasteiger partial charge in [-0.25, -0.2) is 4.79 Å². The molecule has 4 aliphatic rings. The van der Waals surface area contributed by atoms with Gasteiger partial charge in [0.05, 0.1) is 89.6 Å². The topological polar surface area (TPSA) is 226 Å². The van der Waals surface area contributed by atoms with Gasteiger partial charge < -0.3 is 66.7 Å². The Morgan fingerprint density at radius 1 is 0.368 bits per heavy atom. The SMILES string of the molecule is CC(=O)OC1COC(C(=O)OCc2ccccc2)[C@@H](O)[C@H]1OCc1ccccc1.COc1ccc(COC2COC(COC(C)=O)C[C@H]2OCc2ccccc2)cc1.O=C(OCc1ccccc1)C1CCC[C@H](OCc2ccccc2)C1.O=C(OCc1ccccc1)C1CCC[C@H](OCc2ccccc2)C1. The van der Waals surface area contributed by atoms with Crippen LogP contribution < -0.4 is 4.74 Å². The number of aliphatic hydroxyl groups excluding tert-OH is 1. The van der Waals surface area contributed by atoms with E-state index in [-0.39, 0.29) is 86.7 Å².